The molecular weight excluding hydrogens is 334 g/mol. The lowest BCUT2D eigenvalue weighted by Gasteiger charge is -2.20. The Morgan fingerprint density at radius 2 is 2.04 bits per heavy atom. The summed E-state index contributed by atoms with van der Waals surface area (Å²) in [6.45, 7) is 8.10. The van der Waals surface area contributed by atoms with Gasteiger partial charge in [0.2, 0.25) is 5.91 Å². The van der Waals surface area contributed by atoms with Gasteiger partial charge < -0.3 is 4.90 Å². The lowest BCUT2D eigenvalue weighted by molar-refractivity contribution is -0.116. The van der Waals surface area contributed by atoms with Crippen molar-refractivity contribution in [2.24, 2.45) is 0 Å². The van der Waals surface area contributed by atoms with Crippen LogP contribution in [-0.4, -0.2) is 37.8 Å². The summed E-state index contributed by atoms with van der Waals surface area (Å²) in [6, 6.07) is 11.5. The summed E-state index contributed by atoms with van der Waals surface area (Å²) in [6.07, 6.45) is 1.72. The van der Waals surface area contributed by atoms with Crippen molar-refractivity contribution < 1.29 is 4.79 Å². The Morgan fingerprint density at radius 1 is 1.28 bits per heavy atom. The molecule has 0 aliphatic rings. The van der Waals surface area contributed by atoms with Crippen molar-refractivity contribution in [1.29, 1.82) is 0 Å². The largest absolute Gasteiger partial charge is 0.308 e. The van der Waals surface area contributed by atoms with E-state index in [0.717, 1.165) is 17.1 Å². The van der Waals surface area contributed by atoms with Crippen LogP contribution in [0.2, 0.25) is 0 Å². The van der Waals surface area contributed by atoms with Crippen LogP contribution in [0.15, 0.2) is 54.2 Å². The van der Waals surface area contributed by atoms with Crippen molar-refractivity contribution in [3.63, 3.8) is 0 Å². The van der Waals surface area contributed by atoms with Gasteiger partial charge in [0.15, 0.2) is 5.16 Å². The van der Waals surface area contributed by atoms with Crippen LogP contribution in [0.1, 0.15) is 11.4 Å². The molecular formula is C18H19N5OS. The lowest BCUT2D eigenvalue weighted by Crippen LogP contribution is -2.32. The first-order valence-corrected chi connectivity index (χ1v) is 8.87. The predicted octanol–water partition coefficient (Wildman–Crippen LogP) is 3.05. The number of thioether (sulfide) groups is 1. The van der Waals surface area contributed by atoms with E-state index in [4.69, 9.17) is 0 Å². The Balaban J connectivity index is 1.78. The highest BCUT2D eigenvalue weighted by molar-refractivity contribution is 7.99. The van der Waals surface area contributed by atoms with Crippen molar-refractivity contribution in [3.8, 4) is 0 Å². The minimum Gasteiger partial charge on any atom is -0.308 e. The van der Waals surface area contributed by atoms with Gasteiger partial charge >= 0.3 is 0 Å². The maximum atomic E-state index is 12.7. The number of rotatable bonds is 6. The number of carbonyl (C=O) groups excluding carboxylic acids is 1. The van der Waals surface area contributed by atoms with E-state index in [1.165, 1.54) is 11.8 Å². The summed E-state index contributed by atoms with van der Waals surface area (Å²) >= 11 is 1.36. The number of aromatic nitrogens is 4. The average molecular weight is 353 g/mol. The van der Waals surface area contributed by atoms with Crippen LogP contribution in [0.4, 0.5) is 5.69 Å². The number of carbonyl (C=O) groups is 1. The van der Waals surface area contributed by atoms with Gasteiger partial charge in [-0.1, -0.05) is 36.0 Å². The SMILES string of the molecule is C=CCN(C(=O)CSc1nnc2nc(C)cc(C)n12)c1ccccc1. The average Bonchev–Trinajstić information content (AvgIpc) is 3.01. The number of amides is 1. The molecule has 2 heterocycles. The molecule has 0 saturated carbocycles. The quantitative estimate of drug-likeness (QED) is 0.503. The summed E-state index contributed by atoms with van der Waals surface area (Å²) in [5.41, 5.74) is 2.74. The summed E-state index contributed by atoms with van der Waals surface area (Å²) in [5.74, 6) is 0.806. The van der Waals surface area contributed by atoms with Gasteiger partial charge in [0.05, 0.1) is 5.75 Å². The highest BCUT2D eigenvalue weighted by atomic mass is 32.2. The number of nitrogens with zero attached hydrogens (tertiary/aromatic N) is 5. The lowest BCUT2D eigenvalue weighted by atomic mass is 10.3. The van der Waals surface area contributed by atoms with Gasteiger partial charge in [0.1, 0.15) is 0 Å². The second-order valence-corrected chi connectivity index (χ2v) is 6.52. The second kappa shape index (κ2) is 7.48. The van der Waals surface area contributed by atoms with Crippen LogP contribution in [0.25, 0.3) is 5.78 Å². The number of fused-ring (bicyclic) bond motifs is 1. The molecule has 0 spiro atoms. The minimum absolute atomic E-state index is 0.00873. The van der Waals surface area contributed by atoms with Crippen LogP contribution in [0, 0.1) is 13.8 Å². The molecule has 0 fully saturated rings. The highest BCUT2D eigenvalue weighted by Gasteiger charge is 2.17. The molecule has 25 heavy (non-hydrogen) atoms. The Labute approximate surface area is 150 Å². The highest BCUT2D eigenvalue weighted by Crippen LogP contribution is 2.21. The summed E-state index contributed by atoms with van der Waals surface area (Å²) in [7, 11) is 0. The zero-order valence-corrected chi connectivity index (χ0v) is 15.0. The summed E-state index contributed by atoms with van der Waals surface area (Å²) in [5, 5.41) is 8.93. The molecule has 0 aliphatic carbocycles. The Morgan fingerprint density at radius 3 is 2.76 bits per heavy atom. The molecule has 0 unspecified atom stereocenters. The number of hydrogen-bond acceptors (Lipinski definition) is 5. The van der Waals surface area contributed by atoms with Gasteiger partial charge in [-0.15, -0.1) is 16.8 Å². The normalized spacial score (nSPS) is 10.8. The van der Waals surface area contributed by atoms with E-state index in [9.17, 15) is 4.79 Å². The maximum absolute atomic E-state index is 12.7. The van der Waals surface area contributed by atoms with Crippen LogP contribution in [-0.2, 0) is 4.79 Å². The molecule has 0 saturated heterocycles. The van der Waals surface area contributed by atoms with Crippen molar-refractivity contribution in [1.82, 2.24) is 19.6 Å². The van der Waals surface area contributed by atoms with Gasteiger partial charge in [-0.3, -0.25) is 9.20 Å². The first kappa shape index (κ1) is 17.2. The third-order valence-corrected chi connectivity index (χ3v) is 4.58. The maximum Gasteiger partial charge on any atom is 0.256 e. The van der Waals surface area contributed by atoms with E-state index in [-0.39, 0.29) is 11.7 Å². The third kappa shape index (κ3) is 3.71. The van der Waals surface area contributed by atoms with Crippen LogP contribution < -0.4 is 4.90 Å². The van der Waals surface area contributed by atoms with E-state index < -0.39 is 0 Å². The van der Waals surface area contributed by atoms with E-state index >= 15 is 0 Å². The van der Waals surface area contributed by atoms with Crippen molar-refractivity contribution >= 4 is 29.1 Å². The smallest absolute Gasteiger partial charge is 0.256 e. The monoisotopic (exact) mass is 353 g/mol. The molecule has 3 aromatic rings. The number of aryl methyl sites for hydroxylation is 2. The molecule has 7 heteroatoms. The molecule has 128 valence electrons. The molecule has 1 amide bonds. The van der Waals surface area contributed by atoms with Gasteiger partial charge in [-0.25, -0.2) is 4.98 Å². The fraction of sp³-hybridized carbons (Fsp3) is 0.222. The molecule has 0 aliphatic heterocycles. The van der Waals surface area contributed by atoms with Crippen molar-refractivity contribution in [2.45, 2.75) is 19.0 Å². The van der Waals surface area contributed by atoms with Crippen molar-refractivity contribution in [2.75, 3.05) is 17.2 Å². The zero-order valence-electron chi connectivity index (χ0n) is 14.2. The molecule has 0 radical (unpaired) electrons. The zero-order chi connectivity index (χ0) is 17.8. The molecule has 0 N–H and O–H groups in total. The van der Waals surface area contributed by atoms with Crippen LogP contribution in [0.5, 0.6) is 0 Å². The predicted molar refractivity (Wildman–Crippen MR) is 100.0 cm³/mol. The molecule has 3 rings (SSSR count). The van der Waals surface area contributed by atoms with Gasteiger partial charge in [-0.2, -0.15) is 0 Å². The topological polar surface area (TPSA) is 63.4 Å². The molecule has 2 aromatic heterocycles. The van der Waals surface area contributed by atoms with E-state index in [1.54, 1.807) is 11.0 Å². The minimum atomic E-state index is -0.00873. The first-order valence-electron chi connectivity index (χ1n) is 7.88. The second-order valence-electron chi connectivity index (χ2n) is 5.57. The first-order chi connectivity index (χ1) is 12.1. The van der Waals surface area contributed by atoms with Gasteiger partial charge in [0, 0.05) is 23.6 Å². The molecule has 6 nitrogen and oxygen atoms in total. The summed E-state index contributed by atoms with van der Waals surface area (Å²) in [4.78, 5) is 18.8. The molecule has 0 atom stereocenters. The van der Waals surface area contributed by atoms with E-state index in [0.29, 0.717) is 17.5 Å². The van der Waals surface area contributed by atoms with Crippen molar-refractivity contribution in [3.05, 3.63) is 60.4 Å². The van der Waals surface area contributed by atoms with Gasteiger partial charge in [0.25, 0.3) is 5.78 Å². The van der Waals surface area contributed by atoms with Crippen LogP contribution in [0.3, 0.4) is 0 Å². The Hall–Kier alpha value is -2.67. The van der Waals surface area contributed by atoms with E-state index in [2.05, 4.69) is 21.8 Å². The number of para-hydroxylation sites is 1. The number of benzene rings is 1. The Bertz CT molecular complexity index is 906. The van der Waals surface area contributed by atoms with E-state index in [1.807, 2.05) is 54.6 Å². The van der Waals surface area contributed by atoms with Gasteiger partial charge in [-0.05, 0) is 32.0 Å². The third-order valence-electron chi connectivity index (χ3n) is 3.67. The Kier molecular flexibility index (Phi) is 5.14. The molecule has 1 aromatic carbocycles. The fourth-order valence-corrected chi connectivity index (χ4v) is 3.45. The number of hydrogen-bond donors (Lipinski definition) is 0. The molecule has 0 bridgehead atoms. The summed E-state index contributed by atoms with van der Waals surface area (Å²) < 4.78 is 1.87. The van der Waals surface area contributed by atoms with Crippen LogP contribution >= 0.6 is 11.8 Å². The fourth-order valence-electron chi connectivity index (χ4n) is 2.59. The number of anilines is 1. The standard InChI is InChI=1S/C18H19N5OS/c1-4-10-22(15-8-6-5-7-9-15)16(24)12-25-18-21-20-17-19-13(2)11-14(3)23(17)18/h4-9,11H,1,10,12H2,2-3H3.